The average Bonchev–Trinajstić information content (AvgIpc) is 3.52. The second-order valence-corrected chi connectivity index (χ2v) is 15.3. The Balaban J connectivity index is 0.00000264. The summed E-state index contributed by atoms with van der Waals surface area (Å²) in [7, 11) is 13.0. The van der Waals surface area contributed by atoms with E-state index >= 15 is 0 Å². The van der Waals surface area contributed by atoms with Gasteiger partial charge in [-0.3, -0.25) is 9.97 Å². The van der Waals surface area contributed by atoms with E-state index in [-0.39, 0.29) is 35.6 Å². The SMILES string of the molecule is CC1(C)Cc2cc3[nH]c(cc4nc(cc5[nH]c(cc1n2)cc5C#CC[N+](C)(C)C)CC4(C)C)cc3C#CC[N+](C)(C)C.[Cl-].[Cl-]. The van der Waals surface area contributed by atoms with E-state index < -0.39 is 0 Å². The largest absolute Gasteiger partial charge is 1.00 e. The molecule has 2 aliphatic rings. The second-order valence-electron chi connectivity index (χ2n) is 15.3. The monoisotopic (exact) mass is 632 g/mol. The standard InChI is InChI=1S/C36H46N6.2ClH/c1-35(2)23-29-19-31-26(14-12-16-42(8,9)10)18-28(38-31)22-34-36(3,4)24-30(40-34)20-32-25(13-11-15-41(5,6)7)17-27(37-32)21-33(35)39-29;;/h17-22,37-38H,15-16,23-24H2,1-10H3;2*1H/q+2;;/p-2. The molecule has 44 heavy (non-hydrogen) atoms. The average molecular weight is 634 g/mol. The molecule has 0 saturated carbocycles. The summed E-state index contributed by atoms with van der Waals surface area (Å²) in [4.78, 5) is 17.5. The predicted octanol–water partition coefficient (Wildman–Crippen LogP) is -0.521. The Morgan fingerprint density at radius 1 is 0.614 bits per heavy atom. The van der Waals surface area contributed by atoms with Crippen molar-refractivity contribution in [1.29, 1.82) is 0 Å². The molecule has 0 fully saturated rings. The van der Waals surface area contributed by atoms with Gasteiger partial charge in [0.05, 0.1) is 64.4 Å². The van der Waals surface area contributed by atoms with E-state index in [1.807, 2.05) is 0 Å². The molecular weight excluding hydrogens is 587 g/mol. The van der Waals surface area contributed by atoms with E-state index in [0.717, 1.165) is 90.9 Å². The van der Waals surface area contributed by atoms with Gasteiger partial charge in [-0.2, -0.15) is 0 Å². The van der Waals surface area contributed by atoms with Gasteiger partial charge in [0, 0.05) is 57.5 Å². The molecule has 3 aromatic rings. The number of hydrogen-bond acceptors (Lipinski definition) is 2. The zero-order chi connectivity index (χ0) is 30.5. The lowest BCUT2D eigenvalue weighted by molar-refractivity contribution is -0.862. The number of aromatic amines is 2. The fourth-order valence-electron chi connectivity index (χ4n) is 5.35. The molecule has 5 rings (SSSR count). The number of nitrogens with one attached hydrogen (secondary N) is 2. The number of rotatable bonds is 2. The molecule has 0 aliphatic carbocycles. The van der Waals surface area contributed by atoms with Gasteiger partial charge >= 0.3 is 0 Å². The van der Waals surface area contributed by atoms with Crippen LogP contribution in [-0.4, -0.2) is 84.3 Å². The molecule has 234 valence electrons. The van der Waals surface area contributed by atoms with Crippen molar-refractivity contribution in [1.82, 2.24) is 19.9 Å². The van der Waals surface area contributed by atoms with Gasteiger partial charge in [-0.25, -0.2) is 0 Å². The van der Waals surface area contributed by atoms with Gasteiger partial charge < -0.3 is 43.7 Å². The summed E-state index contributed by atoms with van der Waals surface area (Å²) in [5, 5.41) is 0. The fraction of sp³-hybridized carbons (Fsp3) is 0.444. The van der Waals surface area contributed by atoms with E-state index in [0.29, 0.717) is 0 Å². The molecular formula is C36H46Cl2N6. The van der Waals surface area contributed by atoms with Gasteiger partial charge in [0.15, 0.2) is 0 Å². The fourth-order valence-corrected chi connectivity index (χ4v) is 5.35. The third-order valence-corrected chi connectivity index (χ3v) is 7.66. The highest BCUT2D eigenvalue weighted by Crippen LogP contribution is 2.33. The summed E-state index contributed by atoms with van der Waals surface area (Å²) >= 11 is 0. The maximum atomic E-state index is 5.13. The Labute approximate surface area is 275 Å². The van der Waals surface area contributed by atoms with Crippen molar-refractivity contribution in [3.63, 3.8) is 0 Å². The van der Waals surface area contributed by atoms with Crippen LogP contribution >= 0.6 is 0 Å². The number of nitrogens with zero attached hydrogens (tertiary/aromatic N) is 4. The van der Waals surface area contributed by atoms with Crippen LogP contribution in [0.1, 0.15) is 61.6 Å². The van der Waals surface area contributed by atoms with Crippen molar-refractivity contribution in [2.24, 2.45) is 0 Å². The van der Waals surface area contributed by atoms with Gasteiger partial charge in [0.25, 0.3) is 0 Å². The second kappa shape index (κ2) is 12.6. The van der Waals surface area contributed by atoms with Crippen LogP contribution in [0.5, 0.6) is 0 Å². The highest BCUT2D eigenvalue weighted by Gasteiger charge is 2.30. The van der Waals surface area contributed by atoms with Gasteiger partial charge in [-0.15, -0.1) is 0 Å². The molecule has 8 bridgehead atoms. The summed E-state index contributed by atoms with van der Waals surface area (Å²) < 4.78 is 1.60. The van der Waals surface area contributed by atoms with Crippen molar-refractivity contribution >= 4 is 22.1 Å². The number of aromatic nitrogens is 4. The summed E-state index contributed by atoms with van der Waals surface area (Å²) in [6.07, 6.45) is 1.71. The Hall–Kier alpha value is -3.26. The first-order valence-corrected chi connectivity index (χ1v) is 14.8. The molecule has 2 aliphatic heterocycles. The van der Waals surface area contributed by atoms with Gasteiger partial charge in [-0.1, -0.05) is 39.5 Å². The summed E-state index contributed by atoms with van der Waals surface area (Å²) in [6, 6.07) is 13.0. The Morgan fingerprint density at radius 3 is 1.32 bits per heavy atom. The number of quaternary nitrogens is 2. The molecule has 0 radical (unpaired) electrons. The molecule has 6 nitrogen and oxygen atoms in total. The van der Waals surface area contributed by atoms with E-state index in [9.17, 15) is 0 Å². The van der Waals surface area contributed by atoms with E-state index in [1.54, 1.807) is 0 Å². The number of hydrogen-bond donors (Lipinski definition) is 2. The molecule has 5 heterocycles. The summed E-state index contributed by atoms with van der Waals surface area (Å²) in [5.74, 6) is 13.7. The minimum Gasteiger partial charge on any atom is -1.00 e. The summed E-state index contributed by atoms with van der Waals surface area (Å²) in [6.45, 7) is 10.6. The third kappa shape index (κ3) is 8.46. The van der Waals surface area contributed by atoms with Crippen molar-refractivity contribution in [3.05, 3.63) is 70.3 Å². The zero-order valence-electron chi connectivity index (χ0n) is 27.8. The molecule has 0 aromatic carbocycles. The van der Waals surface area contributed by atoms with Crippen molar-refractivity contribution < 1.29 is 33.8 Å². The van der Waals surface area contributed by atoms with Gasteiger partial charge in [0.1, 0.15) is 13.1 Å². The van der Waals surface area contributed by atoms with Crippen LogP contribution in [0.3, 0.4) is 0 Å². The lowest BCUT2D eigenvalue weighted by Crippen LogP contribution is -3.00. The highest BCUT2D eigenvalue weighted by atomic mass is 35.5. The Kier molecular flexibility index (Phi) is 10.1. The quantitative estimate of drug-likeness (QED) is 0.295. The van der Waals surface area contributed by atoms with Crippen LogP contribution in [0.15, 0.2) is 36.4 Å². The van der Waals surface area contributed by atoms with Crippen LogP contribution in [0.4, 0.5) is 0 Å². The van der Waals surface area contributed by atoms with Crippen molar-refractivity contribution in [2.45, 2.75) is 51.4 Å². The van der Waals surface area contributed by atoms with E-state index in [2.05, 4.69) is 140 Å². The molecule has 0 atom stereocenters. The van der Waals surface area contributed by atoms with Crippen LogP contribution in [-0.2, 0) is 23.7 Å². The summed E-state index contributed by atoms with van der Waals surface area (Å²) in [5.41, 5.74) is 10.1. The smallest absolute Gasteiger partial charge is 0.140 e. The molecule has 0 spiro atoms. The number of H-pyrrole nitrogens is 2. The van der Waals surface area contributed by atoms with Crippen LogP contribution < -0.4 is 24.8 Å². The Morgan fingerprint density at radius 2 is 0.977 bits per heavy atom. The molecule has 8 heteroatoms. The molecule has 0 saturated heterocycles. The lowest BCUT2D eigenvalue weighted by atomic mass is 9.87. The maximum Gasteiger partial charge on any atom is 0.140 e. The van der Waals surface area contributed by atoms with E-state index in [1.165, 1.54) is 0 Å². The molecule has 0 amide bonds. The zero-order valence-corrected chi connectivity index (χ0v) is 29.3. The normalized spacial score (nSPS) is 15.1. The predicted molar refractivity (Wildman–Crippen MR) is 174 cm³/mol. The molecule has 0 unspecified atom stereocenters. The third-order valence-electron chi connectivity index (χ3n) is 7.66. The topological polar surface area (TPSA) is 57.4 Å². The first kappa shape index (κ1) is 35.2. The van der Waals surface area contributed by atoms with Crippen molar-refractivity contribution in [2.75, 3.05) is 55.4 Å². The minimum absolute atomic E-state index is 0. The van der Waals surface area contributed by atoms with Crippen LogP contribution in [0.25, 0.3) is 22.1 Å². The minimum atomic E-state index is -0.0928. The van der Waals surface area contributed by atoms with Crippen molar-refractivity contribution in [3.8, 4) is 23.7 Å². The highest BCUT2D eigenvalue weighted by molar-refractivity contribution is 5.73. The van der Waals surface area contributed by atoms with E-state index in [4.69, 9.17) is 9.97 Å². The van der Waals surface area contributed by atoms with Crippen LogP contribution in [0, 0.1) is 23.7 Å². The first-order valence-electron chi connectivity index (χ1n) is 14.8. The van der Waals surface area contributed by atoms with Gasteiger partial charge in [-0.05, 0) is 48.2 Å². The lowest BCUT2D eigenvalue weighted by Gasteiger charge is -2.19. The molecule has 2 N–H and O–H groups in total. The number of halogens is 2. The van der Waals surface area contributed by atoms with Gasteiger partial charge in [0.2, 0.25) is 0 Å². The number of fused-ring (bicyclic) bond motifs is 8. The maximum absolute atomic E-state index is 5.13. The van der Waals surface area contributed by atoms with Crippen LogP contribution in [0.2, 0.25) is 0 Å². The molecule has 3 aromatic heterocycles. The Bertz CT molecular complexity index is 1690. The first-order chi connectivity index (χ1) is 19.5.